The number of fused-ring (bicyclic) bond motifs is 1. The van der Waals surface area contributed by atoms with Crippen molar-refractivity contribution in [1.82, 2.24) is 4.57 Å². The highest BCUT2D eigenvalue weighted by atomic mass is 16.6. The van der Waals surface area contributed by atoms with Crippen LogP contribution in [0.25, 0.3) is 10.9 Å². The molecule has 0 spiro atoms. The summed E-state index contributed by atoms with van der Waals surface area (Å²) in [5, 5.41) is 10.6. The zero-order chi connectivity index (χ0) is 11.7. The molecule has 0 bridgehead atoms. The molecule has 0 saturated carbocycles. The molecule has 0 unspecified atom stereocenters. The Labute approximate surface area is 94.2 Å². The normalized spacial score (nSPS) is 11.5. The second-order valence-corrected chi connectivity index (χ2v) is 4.17. The van der Waals surface area contributed by atoms with Crippen molar-refractivity contribution in [3.8, 4) is 5.75 Å². The highest BCUT2D eigenvalue weighted by molar-refractivity contribution is 5.85. The van der Waals surface area contributed by atoms with Gasteiger partial charge in [0.25, 0.3) is 0 Å². The molecule has 0 saturated heterocycles. The summed E-state index contributed by atoms with van der Waals surface area (Å²) in [6.07, 6.45) is 2.02. The Hall–Kier alpha value is -1.52. The van der Waals surface area contributed by atoms with Gasteiger partial charge in [-0.15, -0.1) is 0 Å². The average molecular weight is 220 g/mol. The van der Waals surface area contributed by atoms with Crippen LogP contribution in [0.15, 0.2) is 24.4 Å². The fourth-order valence-corrected chi connectivity index (χ4v) is 1.94. The maximum atomic E-state index is 9.51. The van der Waals surface area contributed by atoms with Crippen molar-refractivity contribution in [1.29, 1.82) is 0 Å². The molecule has 0 atom stereocenters. The van der Waals surface area contributed by atoms with Crippen molar-refractivity contribution >= 4 is 10.9 Å². The number of hydrogen-bond acceptors (Lipinski definition) is 3. The summed E-state index contributed by atoms with van der Waals surface area (Å²) in [6, 6.07) is 5.65. The van der Waals surface area contributed by atoms with Crippen LogP contribution in [0.5, 0.6) is 5.75 Å². The Kier molecular flexibility index (Phi) is 2.85. The summed E-state index contributed by atoms with van der Waals surface area (Å²) >= 11 is 0. The standard InChI is InChI=1S/C12H16N2O2/c1-8(2)14-6-9(7-16-13)11-4-3-10(15)5-12(11)14/h3-6,8,15H,7,13H2,1-2H3. The van der Waals surface area contributed by atoms with E-state index in [1.807, 2.05) is 12.3 Å². The molecule has 86 valence electrons. The van der Waals surface area contributed by atoms with Crippen LogP contribution in [0, 0.1) is 0 Å². The van der Waals surface area contributed by atoms with Gasteiger partial charge in [-0.3, -0.25) is 4.84 Å². The summed E-state index contributed by atoms with van der Waals surface area (Å²) in [5.41, 5.74) is 2.04. The predicted molar refractivity (Wildman–Crippen MR) is 63.0 cm³/mol. The van der Waals surface area contributed by atoms with Crippen molar-refractivity contribution in [2.24, 2.45) is 5.90 Å². The monoisotopic (exact) mass is 220 g/mol. The van der Waals surface area contributed by atoms with Gasteiger partial charge in [-0.1, -0.05) is 0 Å². The molecule has 1 heterocycles. The van der Waals surface area contributed by atoms with Crippen LogP contribution in [-0.4, -0.2) is 9.67 Å². The minimum Gasteiger partial charge on any atom is -0.508 e. The fourth-order valence-electron chi connectivity index (χ4n) is 1.94. The Bertz CT molecular complexity index is 503. The van der Waals surface area contributed by atoms with Gasteiger partial charge in [0.2, 0.25) is 0 Å². The second kappa shape index (κ2) is 4.15. The van der Waals surface area contributed by atoms with Crippen molar-refractivity contribution in [3.05, 3.63) is 30.0 Å². The second-order valence-electron chi connectivity index (χ2n) is 4.17. The highest BCUT2D eigenvalue weighted by Gasteiger charge is 2.10. The third-order valence-electron chi connectivity index (χ3n) is 2.70. The van der Waals surface area contributed by atoms with E-state index in [1.54, 1.807) is 12.1 Å². The molecule has 0 aliphatic carbocycles. The lowest BCUT2D eigenvalue weighted by Crippen LogP contribution is -1.99. The van der Waals surface area contributed by atoms with Gasteiger partial charge in [0.15, 0.2) is 0 Å². The number of aromatic hydroxyl groups is 1. The maximum absolute atomic E-state index is 9.51. The number of phenolic OH excluding ortho intramolecular Hbond substituents is 1. The first-order valence-electron chi connectivity index (χ1n) is 5.27. The van der Waals surface area contributed by atoms with E-state index in [-0.39, 0.29) is 5.75 Å². The lowest BCUT2D eigenvalue weighted by molar-refractivity contribution is 0.125. The van der Waals surface area contributed by atoms with E-state index in [0.29, 0.717) is 12.6 Å². The van der Waals surface area contributed by atoms with Gasteiger partial charge in [-0.25, -0.2) is 5.90 Å². The summed E-state index contributed by atoms with van der Waals surface area (Å²) in [6.45, 7) is 4.56. The van der Waals surface area contributed by atoms with Crippen LogP contribution in [0.4, 0.5) is 0 Å². The maximum Gasteiger partial charge on any atom is 0.117 e. The van der Waals surface area contributed by atoms with E-state index in [4.69, 9.17) is 5.90 Å². The quantitative estimate of drug-likeness (QED) is 0.780. The summed E-state index contributed by atoms with van der Waals surface area (Å²) < 4.78 is 2.10. The van der Waals surface area contributed by atoms with Gasteiger partial charge in [0.05, 0.1) is 12.1 Å². The lowest BCUT2D eigenvalue weighted by Gasteiger charge is -2.08. The van der Waals surface area contributed by atoms with Crippen LogP contribution in [-0.2, 0) is 11.4 Å². The SMILES string of the molecule is CC(C)n1cc(CON)c2ccc(O)cc21. The topological polar surface area (TPSA) is 60.4 Å². The van der Waals surface area contributed by atoms with Crippen molar-refractivity contribution in [2.75, 3.05) is 0 Å². The van der Waals surface area contributed by atoms with Crippen LogP contribution < -0.4 is 5.90 Å². The first kappa shape index (κ1) is 11.0. The van der Waals surface area contributed by atoms with Crippen LogP contribution >= 0.6 is 0 Å². The zero-order valence-electron chi connectivity index (χ0n) is 9.47. The molecule has 1 aromatic heterocycles. The first-order chi connectivity index (χ1) is 7.63. The summed E-state index contributed by atoms with van der Waals surface area (Å²) in [7, 11) is 0. The molecular formula is C12H16N2O2. The van der Waals surface area contributed by atoms with Gasteiger partial charge >= 0.3 is 0 Å². The highest BCUT2D eigenvalue weighted by Crippen LogP contribution is 2.28. The van der Waals surface area contributed by atoms with E-state index in [1.165, 1.54) is 0 Å². The summed E-state index contributed by atoms with van der Waals surface area (Å²) in [4.78, 5) is 4.68. The third kappa shape index (κ3) is 1.77. The van der Waals surface area contributed by atoms with Gasteiger partial charge in [-0.05, 0) is 26.0 Å². The number of phenols is 1. The van der Waals surface area contributed by atoms with Crippen molar-refractivity contribution < 1.29 is 9.94 Å². The van der Waals surface area contributed by atoms with Gasteiger partial charge in [0, 0.05) is 29.3 Å². The largest absolute Gasteiger partial charge is 0.508 e. The molecule has 2 aromatic rings. The van der Waals surface area contributed by atoms with E-state index < -0.39 is 0 Å². The van der Waals surface area contributed by atoms with Gasteiger partial charge < -0.3 is 9.67 Å². The Balaban J connectivity index is 2.66. The number of nitrogens with two attached hydrogens (primary N) is 1. The smallest absolute Gasteiger partial charge is 0.117 e. The zero-order valence-corrected chi connectivity index (χ0v) is 9.47. The van der Waals surface area contributed by atoms with Gasteiger partial charge in [0.1, 0.15) is 5.75 Å². The number of nitrogens with zero attached hydrogens (tertiary/aromatic N) is 1. The van der Waals surface area contributed by atoms with Crippen LogP contribution in [0.3, 0.4) is 0 Å². The van der Waals surface area contributed by atoms with Crippen molar-refractivity contribution in [3.63, 3.8) is 0 Å². The molecular weight excluding hydrogens is 204 g/mol. The molecule has 0 radical (unpaired) electrons. The molecule has 4 heteroatoms. The molecule has 0 aliphatic heterocycles. The summed E-state index contributed by atoms with van der Waals surface area (Å²) in [5.74, 6) is 5.38. The minimum atomic E-state index is 0.271. The van der Waals surface area contributed by atoms with Crippen molar-refractivity contribution in [2.45, 2.75) is 26.5 Å². The number of rotatable bonds is 3. The average Bonchev–Trinajstić information content (AvgIpc) is 2.57. The number of benzene rings is 1. The molecule has 0 fully saturated rings. The molecule has 0 amide bonds. The molecule has 16 heavy (non-hydrogen) atoms. The Morgan fingerprint density at radius 3 is 2.81 bits per heavy atom. The molecule has 1 aromatic carbocycles. The fraction of sp³-hybridized carbons (Fsp3) is 0.333. The lowest BCUT2D eigenvalue weighted by atomic mass is 10.2. The molecule has 4 nitrogen and oxygen atoms in total. The number of hydrogen-bond donors (Lipinski definition) is 2. The predicted octanol–water partition coefficient (Wildman–Crippen LogP) is 2.32. The minimum absolute atomic E-state index is 0.271. The molecule has 0 aliphatic rings. The molecule has 3 N–H and O–H groups in total. The van der Waals surface area contributed by atoms with E-state index in [2.05, 4.69) is 23.3 Å². The van der Waals surface area contributed by atoms with Crippen LogP contribution in [0.1, 0.15) is 25.5 Å². The van der Waals surface area contributed by atoms with E-state index >= 15 is 0 Å². The Morgan fingerprint density at radius 1 is 1.44 bits per heavy atom. The van der Waals surface area contributed by atoms with E-state index in [0.717, 1.165) is 16.5 Å². The first-order valence-corrected chi connectivity index (χ1v) is 5.27. The van der Waals surface area contributed by atoms with Gasteiger partial charge in [-0.2, -0.15) is 0 Å². The number of aromatic nitrogens is 1. The van der Waals surface area contributed by atoms with Crippen LogP contribution in [0.2, 0.25) is 0 Å². The third-order valence-corrected chi connectivity index (χ3v) is 2.70. The molecule has 2 rings (SSSR count). The van der Waals surface area contributed by atoms with E-state index in [9.17, 15) is 5.11 Å². The Morgan fingerprint density at radius 2 is 2.19 bits per heavy atom.